The number of benzene rings is 2. The summed E-state index contributed by atoms with van der Waals surface area (Å²) < 4.78 is 2.08. The average molecular weight is 318 g/mol. The van der Waals surface area contributed by atoms with Gasteiger partial charge in [0.1, 0.15) is 0 Å². The van der Waals surface area contributed by atoms with E-state index in [2.05, 4.69) is 35.0 Å². The number of aryl methyl sites for hydroxylation is 1. The molecule has 1 amide bonds. The van der Waals surface area contributed by atoms with E-state index in [0.717, 1.165) is 23.2 Å². The number of aromatic nitrogens is 1. The lowest BCUT2D eigenvalue weighted by molar-refractivity contribution is -0.116. The van der Waals surface area contributed by atoms with Crippen LogP contribution >= 0.6 is 0 Å². The zero-order valence-electron chi connectivity index (χ0n) is 13.9. The number of hydrogen-bond acceptors (Lipinski definition) is 1. The summed E-state index contributed by atoms with van der Waals surface area (Å²) in [6, 6.07) is 22.1. The van der Waals surface area contributed by atoms with E-state index < -0.39 is 0 Å². The Morgan fingerprint density at radius 3 is 2.33 bits per heavy atom. The standard InChI is InChI=1S/C21H22N2O/c1-2-17-10-6-7-13-19(17)22-21(24)16-20(23-14-8-9-15-23)18-11-4-3-5-12-18/h3-15,20H,2,16H2,1H3,(H,22,24)/t20-/m0/s1. The van der Waals surface area contributed by atoms with Crippen molar-refractivity contribution >= 4 is 11.6 Å². The minimum atomic E-state index is -0.00464. The van der Waals surface area contributed by atoms with Crippen LogP contribution in [0.15, 0.2) is 79.1 Å². The fraction of sp³-hybridized carbons (Fsp3) is 0.190. The van der Waals surface area contributed by atoms with Crippen molar-refractivity contribution in [2.24, 2.45) is 0 Å². The van der Waals surface area contributed by atoms with Crippen molar-refractivity contribution in [1.29, 1.82) is 0 Å². The van der Waals surface area contributed by atoms with Gasteiger partial charge in [0, 0.05) is 18.1 Å². The molecule has 122 valence electrons. The van der Waals surface area contributed by atoms with Gasteiger partial charge in [-0.3, -0.25) is 4.79 Å². The fourth-order valence-electron chi connectivity index (χ4n) is 2.95. The maximum Gasteiger partial charge on any atom is 0.226 e. The minimum Gasteiger partial charge on any atom is -0.346 e. The molecule has 1 N–H and O–H groups in total. The van der Waals surface area contributed by atoms with Gasteiger partial charge < -0.3 is 9.88 Å². The van der Waals surface area contributed by atoms with E-state index in [1.165, 1.54) is 0 Å². The SMILES string of the molecule is CCc1ccccc1NC(=O)C[C@@H](c1ccccc1)n1cccc1. The molecule has 0 spiro atoms. The van der Waals surface area contributed by atoms with Crippen LogP contribution in [0, 0.1) is 0 Å². The predicted molar refractivity (Wildman–Crippen MR) is 98.1 cm³/mol. The number of anilines is 1. The highest BCUT2D eigenvalue weighted by Gasteiger charge is 2.17. The second-order valence-corrected chi connectivity index (χ2v) is 5.82. The molecule has 3 heteroatoms. The first-order chi connectivity index (χ1) is 11.8. The van der Waals surface area contributed by atoms with E-state index >= 15 is 0 Å². The highest BCUT2D eigenvalue weighted by molar-refractivity contribution is 5.92. The van der Waals surface area contributed by atoms with Crippen LogP contribution in [0.2, 0.25) is 0 Å². The summed E-state index contributed by atoms with van der Waals surface area (Å²) in [6.45, 7) is 2.09. The maximum absolute atomic E-state index is 12.6. The number of para-hydroxylation sites is 1. The average Bonchev–Trinajstić information content (AvgIpc) is 3.15. The topological polar surface area (TPSA) is 34.0 Å². The van der Waals surface area contributed by atoms with E-state index in [-0.39, 0.29) is 11.9 Å². The molecule has 3 nitrogen and oxygen atoms in total. The van der Waals surface area contributed by atoms with E-state index in [9.17, 15) is 4.79 Å². The summed E-state index contributed by atoms with van der Waals surface area (Å²) >= 11 is 0. The smallest absolute Gasteiger partial charge is 0.226 e. The van der Waals surface area contributed by atoms with Gasteiger partial charge >= 0.3 is 0 Å². The zero-order chi connectivity index (χ0) is 16.8. The van der Waals surface area contributed by atoms with Crippen molar-refractivity contribution in [3.8, 4) is 0 Å². The van der Waals surface area contributed by atoms with Crippen LogP contribution in [-0.2, 0) is 11.2 Å². The van der Waals surface area contributed by atoms with Gasteiger partial charge in [0.25, 0.3) is 0 Å². The maximum atomic E-state index is 12.6. The van der Waals surface area contributed by atoms with Crippen LogP contribution in [0.4, 0.5) is 5.69 Å². The molecule has 0 saturated heterocycles. The lowest BCUT2D eigenvalue weighted by atomic mass is 10.0. The van der Waals surface area contributed by atoms with Crippen molar-refractivity contribution in [1.82, 2.24) is 4.57 Å². The van der Waals surface area contributed by atoms with Crippen molar-refractivity contribution in [2.75, 3.05) is 5.32 Å². The number of hydrogen-bond donors (Lipinski definition) is 1. The van der Waals surface area contributed by atoms with Gasteiger partial charge in [-0.1, -0.05) is 55.5 Å². The summed E-state index contributed by atoms with van der Waals surface area (Å²) in [4.78, 5) is 12.6. The second-order valence-electron chi connectivity index (χ2n) is 5.82. The van der Waals surface area contributed by atoms with Crippen molar-refractivity contribution in [2.45, 2.75) is 25.8 Å². The van der Waals surface area contributed by atoms with Crippen LogP contribution in [0.25, 0.3) is 0 Å². The van der Waals surface area contributed by atoms with Gasteiger partial charge in [0.15, 0.2) is 0 Å². The molecule has 1 atom stereocenters. The Balaban J connectivity index is 1.79. The van der Waals surface area contributed by atoms with E-state index in [1.807, 2.05) is 60.9 Å². The van der Waals surface area contributed by atoms with Crippen LogP contribution in [-0.4, -0.2) is 10.5 Å². The number of nitrogens with zero attached hydrogens (tertiary/aromatic N) is 1. The summed E-state index contributed by atoms with van der Waals surface area (Å²) in [7, 11) is 0. The third-order valence-electron chi connectivity index (χ3n) is 4.22. The Labute approximate surface area is 143 Å². The van der Waals surface area contributed by atoms with Gasteiger partial charge in [-0.2, -0.15) is 0 Å². The summed E-state index contributed by atoms with van der Waals surface area (Å²) in [5, 5.41) is 3.07. The monoisotopic (exact) mass is 318 g/mol. The number of nitrogens with one attached hydrogen (secondary N) is 1. The molecule has 2 aromatic carbocycles. The molecule has 1 aromatic heterocycles. The molecule has 0 bridgehead atoms. The molecule has 0 radical (unpaired) electrons. The number of amides is 1. The molecule has 0 aliphatic rings. The quantitative estimate of drug-likeness (QED) is 0.704. The lowest BCUT2D eigenvalue weighted by Gasteiger charge is -2.20. The van der Waals surface area contributed by atoms with Crippen molar-refractivity contribution in [3.63, 3.8) is 0 Å². The molecule has 0 unspecified atom stereocenters. The molecular formula is C21H22N2O. The molecule has 3 rings (SSSR count). The Kier molecular flexibility index (Phi) is 5.12. The number of carbonyl (C=O) groups is 1. The minimum absolute atomic E-state index is 0.00464. The van der Waals surface area contributed by atoms with Gasteiger partial charge in [-0.15, -0.1) is 0 Å². The van der Waals surface area contributed by atoms with Crippen LogP contribution in [0.5, 0.6) is 0 Å². The number of rotatable bonds is 6. The third-order valence-corrected chi connectivity index (χ3v) is 4.22. The van der Waals surface area contributed by atoms with Crippen molar-refractivity contribution < 1.29 is 4.79 Å². The first-order valence-corrected chi connectivity index (χ1v) is 8.33. The normalized spacial score (nSPS) is 11.9. The molecule has 1 heterocycles. The third kappa shape index (κ3) is 3.74. The highest BCUT2D eigenvalue weighted by Crippen LogP contribution is 2.23. The van der Waals surface area contributed by atoms with Gasteiger partial charge in [-0.05, 0) is 35.7 Å². The molecule has 0 aliphatic heterocycles. The number of carbonyl (C=O) groups excluding carboxylic acids is 1. The van der Waals surface area contributed by atoms with Crippen molar-refractivity contribution in [3.05, 3.63) is 90.3 Å². The molecule has 24 heavy (non-hydrogen) atoms. The molecule has 3 aromatic rings. The first kappa shape index (κ1) is 16.1. The van der Waals surface area contributed by atoms with E-state index in [0.29, 0.717) is 6.42 Å². The summed E-state index contributed by atoms with van der Waals surface area (Å²) in [6.07, 6.45) is 5.31. The second kappa shape index (κ2) is 7.64. The molecular weight excluding hydrogens is 296 g/mol. The molecule has 0 saturated carbocycles. The fourth-order valence-corrected chi connectivity index (χ4v) is 2.95. The summed E-state index contributed by atoms with van der Waals surface area (Å²) in [5.41, 5.74) is 3.19. The van der Waals surface area contributed by atoms with Crippen LogP contribution in [0.3, 0.4) is 0 Å². The Bertz CT molecular complexity index is 779. The predicted octanol–water partition coefficient (Wildman–Crippen LogP) is 4.67. The van der Waals surface area contributed by atoms with Crippen LogP contribution < -0.4 is 5.32 Å². The highest BCUT2D eigenvalue weighted by atomic mass is 16.1. The lowest BCUT2D eigenvalue weighted by Crippen LogP contribution is -2.20. The van der Waals surface area contributed by atoms with E-state index in [1.54, 1.807) is 0 Å². The van der Waals surface area contributed by atoms with Gasteiger partial charge in [0.2, 0.25) is 5.91 Å². The Hall–Kier alpha value is -2.81. The van der Waals surface area contributed by atoms with Gasteiger partial charge in [-0.25, -0.2) is 0 Å². The van der Waals surface area contributed by atoms with Crippen LogP contribution in [0.1, 0.15) is 30.5 Å². The summed E-state index contributed by atoms with van der Waals surface area (Å²) in [5.74, 6) is 0.0263. The first-order valence-electron chi connectivity index (χ1n) is 8.33. The largest absolute Gasteiger partial charge is 0.346 e. The Morgan fingerprint density at radius 2 is 1.62 bits per heavy atom. The van der Waals surface area contributed by atoms with E-state index in [4.69, 9.17) is 0 Å². The zero-order valence-corrected chi connectivity index (χ0v) is 13.9. The Morgan fingerprint density at radius 1 is 0.958 bits per heavy atom. The van der Waals surface area contributed by atoms with Gasteiger partial charge in [0.05, 0.1) is 12.5 Å². The molecule has 0 aliphatic carbocycles. The molecule has 0 fully saturated rings.